The minimum atomic E-state index is -0.931. The van der Waals surface area contributed by atoms with Crippen LogP contribution in [0.1, 0.15) is 25.8 Å². The van der Waals surface area contributed by atoms with Gasteiger partial charge in [0.15, 0.2) is 0 Å². The molecule has 108 valence electrons. The third-order valence-electron chi connectivity index (χ3n) is 4.09. The summed E-state index contributed by atoms with van der Waals surface area (Å²) in [7, 11) is 0. The highest BCUT2D eigenvalue weighted by Gasteiger charge is 2.22. The number of hydrogen-bond acceptors (Lipinski definition) is 2. The maximum Gasteiger partial charge on any atom is 0.328 e. The van der Waals surface area contributed by atoms with E-state index in [4.69, 9.17) is 5.11 Å². The van der Waals surface area contributed by atoms with Gasteiger partial charge in [-0.05, 0) is 42.0 Å². The average molecular weight is 338 g/mol. The maximum atomic E-state index is 10.6. The summed E-state index contributed by atoms with van der Waals surface area (Å²) in [4.78, 5) is 13.0. The molecule has 1 fully saturated rings. The molecule has 0 amide bonds. The Labute approximate surface area is 128 Å². The number of anilines is 1. The summed E-state index contributed by atoms with van der Waals surface area (Å²) in [5, 5.41) is 8.67. The molecule has 1 aliphatic heterocycles. The third kappa shape index (κ3) is 3.63. The Bertz CT molecular complexity index is 527. The Morgan fingerprint density at radius 3 is 2.75 bits per heavy atom. The predicted octanol–water partition coefficient (Wildman–Crippen LogP) is 4.03. The molecule has 0 bridgehead atoms. The van der Waals surface area contributed by atoms with Crippen LogP contribution in [0.5, 0.6) is 0 Å². The molecule has 1 N–H and O–H groups in total. The molecule has 1 aromatic carbocycles. The van der Waals surface area contributed by atoms with Crippen molar-refractivity contribution in [3.05, 3.63) is 34.3 Å². The molecule has 0 spiro atoms. The smallest absolute Gasteiger partial charge is 0.328 e. The van der Waals surface area contributed by atoms with Gasteiger partial charge in [0.2, 0.25) is 0 Å². The molecule has 1 heterocycles. The highest BCUT2D eigenvalue weighted by molar-refractivity contribution is 9.10. The molecule has 0 aliphatic carbocycles. The second-order valence-electron chi connectivity index (χ2n) is 5.57. The SMILES string of the molecule is CC1CCN(c2ccc(/C=C/C(=O)O)c(Br)c2)CC1C. The largest absolute Gasteiger partial charge is 0.478 e. The standard InChI is InChI=1S/C16H20BrNO2/c1-11-7-8-18(10-12(11)2)14-5-3-13(15(17)9-14)4-6-16(19)20/h3-6,9,11-12H,7-8,10H2,1-2H3,(H,19,20)/b6-4+. The number of benzene rings is 1. The first-order valence-corrected chi connectivity index (χ1v) is 7.72. The van der Waals surface area contributed by atoms with E-state index in [9.17, 15) is 4.79 Å². The van der Waals surface area contributed by atoms with Gasteiger partial charge in [0.05, 0.1) is 0 Å². The number of nitrogens with zero attached hydrogens (tertiary/aromatic N) is 1. The lowest BCUT2D eigenvalue weighted by molar-refractivity contribution is -0.131. The Kier molecular flexibility index (Phi) is 4.86. The van der Waals surface area contributed by atoms with E-state index in [1.54, 1.807) is 6.08 Å². The fraction of sp³-hybridized carbons (Fsp3) is 0.438. The summed E-state index contributed by atoms with van der Waals surface area (Å²) >= 11 is 3.52. The lowest BCUT2D eigenvalue weighted by Crippen LogP contribution is -2.38. The number of aliphatic carboxylic acids is 1. The Morgan fingerprint density at radius 2 is 2.15 bits per heavy atom. The van der Waals surface area contributed by atoms with Crippen molar-refractivity contribution < 1.29 is 9.90 Å². The topological polar surface area (TPSA) is 40.5 Å². The van der Waals surface area contributed by atoms with E-state index < -0.39 is 5.97 Å². The van der Waals surface area contributed by atoms with Gasteiger partial charge in [-0.1, -0.05) is 35.8 Å². The second-order valence-corrected chi connectivity index (χ2v) is 6.42. The molecule has 1 saturated heterocycles. The molecule has 20 heavy (non-hydrogen) atoms. The fourth-order valence-electron chi connectivity index (χ4n) is 2.51. The highest BCUT2D eigenvalue weighted by atomic mass is 79.9. The number of carboxylic acids is 1. The van der Waals surface area contributed by atoms with E-state index in [1.807, 2.05) is 6.07 Å². The van der Waals surface area contributed by atoms with Crippen LogP contribution in [0.4, 0.5) is 5.69 Å². The van der Waals surface area contributed by atoms with E-state index in [2.05, 4.69) is 46.8 Å². The lowest BCUT2D eigenvalue weighted by atomic mass is 9.88. The summed E-state index contributed by atoms with van der Waals surface area (Å²) in [5.41, 5.74) is 2.08. The van der Waals surface area contributed by atoms with Crippen LogP contribution in [0.15, 0.2) is 28.7 Å². The first-order valence-electron chi connectivity index (χ1n) is 6.93. The third-order valence-corrected chi connectivity index (χ3v) is 4.78. The van der Waals surface area contributed by atoms with Crippen molar-refractivity contribution in [3.8, 4) is 0 Å². The van der Waals surface area contributed by atoms with Gasteiger partial charge in [0.1, 0.15) is 0 Å². The van der Waals surface area contributed by atoms with Gasteiger partial charge >= 0.3 is 5.97 Å². The van der Waals surface area contributed by atoms with E-state index in [-0.39, 0.29) is 0 Å². The summed E-state index contributed by atoms with van der Waals surface area (Å²) < 4.78 is 0.929. The highest BCUT2D eigenvalue weighted by Crippen LogP contribution is 2.30. The van der Waals surface area contributed by atoms with Crippen LogP contribution >= 0.6 is 15.9 Å². The Balaban J connectivity index is 2.15. The number of carbonyl (C=O) groups is 1. The average Bonchev–Trinajstić information content (AvgIpc) is 2.40. The van der Waals surface area contributed by atoms with Crippen molar-refractivity contribution in [1.29, 1.82) is 0 Å². The van der Waals surface area contributed by atoms with Gasteiger partial charge in [-0.25, -0.2) is 4.79 Å². The van der Waals surface area contributed by atoms with Crippen LogP contribution in [-0.2, 0) is 4.79 Å². The summed E-state index contributed by atoms with van der Waals surface area (Å²) in [6.45, 7) is 6.79. The Morgan fingerprint density at radius 1 is 1.40 bits per heavy atom. The quantitative estimate of drug-likeness (QED) is 0.846. The van der Waals surface area contributed by atoms with Crippen LogP contribution in [0.3, 0.4) is 0 Å². The van der Waals surface area contributed by atoms with Crippen molar-refractivity contribution in [2.45, 2.75) is 20.3 Å². The van der Waals surface area contributed by atoms with Gasteiger partial charge < -0.3 is 10.0 Å². The van der Waals surface area contributed by atoms with Crippen LogP contribution in [0.25, 0.3) is 6.08 Å². The van der Waals surface area contributed by atoms with Crippen molar-refractivity contribution in [2.24, 2.45) is 11.8 Å². The predicted molar refractivity (Wildman–Crippen MR) is 86.0 cm³/mol. The molecule has 1 aliphatic rings. The number of rotatable bonds is 3. The molecule has 2 atom stereocenters. The minimum Gasteiger partial charge on any atom is -0.478 e. The van der Waals surface area contributed by atoms with E-state index in [0.717, 1.165) is 35.1 Å². The van der Waals surface area contributed by atoms with E-state index >= 15 is 0 Å². The molecule has 4 heteroatoms. The lowest BCUT2D eigenvalue weighted by Gasteiger charge is -2.37. The normalized spacial score (nSPS) is 23.2. The van der Waals surface area contributed by atoms with Crippen LogP contribution in [-0.4, -0.2) is 24.2 Å². The zero-order valence-electron chi connectivity index (χ0n) is 11.8. The van der Waals surface area contributed by atoms with Gasteiger partial charge in [0, 0.05) is 29.3 Å². The number of piperidine rings is 1. The second kappa shape index (κ2) is 6.44. The van der Waals surface area contributed by atoms with Gasteiger partial charge in [-0.3, -0.25) is 0 Å². The van der Waals surface area contributed by atoms with Gasteiger partial charge in [-0.2, -0.15) is 0 Å². The molecule has 0 radical (unpaired) electrons. The summed E-state index contributed by atoms with van der Waals surface area (Å²) in [5.74, 6) is 0.557. The molecule has 1 aromatic rings. The first-order chi connectivity index (χ1) is 9.47. The van der Waals surface area contributed by atoms with Crippen LogP contribution in [0, 0.1) is 11.8 Å². The molecule has 0 saturated carbocycles. The van der Waals surface area contributed by atoms with Crippen LogP contribution < -0.4 is 4.90 Å². The zero-order chi connectivity index (χ0) is 14.7. The van der Waals surface area contributed by atoms with Crippen molar-refractivity contribution in [3.63, 3.8) is 0 Å². The van der Waals surface area contributed by atoms with E-state index in [0.29, 0.717) is 5.92 Å². The molecule has 2 rings (SSSR count). The van der Waals surface area contributed by atoms with Crippen molar-refractivity contribution >= 4 is 33.7 Å². The molecule has 0 aromatic heterocycles. The molecular weight excluding hydrogens is 318 g/mol. The van der Waals surface area contributed by atoms with Crippen molar-refractivity contribution in [1.82, 2.24) is 0 Å². The number of carboxylic acid groups (broad SMARTS) is 1. The summed E-state index contributed by atoms with van der Waals surface area (Å²) in [6, 6.07) is 6.10. The summed E-state index contributed by atoms with van der Waals surface area (Å²) in [6.07, 6.45) is 3.99. The molecule has 2 unspecified atom stereocenters. The number of halogens is 1. The Hall–Kier alpha value is -1.29. The van der Waals surface area contributed by atoms with Crippen LogP contribution in [0.2, 0.25) is 0 Å². The monoisotopic (exact) mass is 337 g/mol. The van der Waals surface area contributed by atoms with E-state index in [1.165, 1.54) is 12.1 Å². The van der Waals surface area contributed by atoms with Gasteiger partial charge in [0.25, 0.3) is 0 Å². The van der Waals surface area contributed by atoms with Crippen molar-refractivity contribution in [2.75, 3.05) is 18.0 Å². The molecular formula is C16H20BrNO2. The number of hydrogen-bond donors (Lipinski definition) is 1. The molecule has 3 nitrogen and oxygen atoms in total. The first kappa shape index (κ1) is 15.1. The zero-order valence-corrected chi connectivity index (χ0v) is 13.4. The minimum absolute atomic E-state index is 0.703. The van der Waals surface area contributed by atoms with Gasteiger partial charge in [-0.15, -0.1) is 0 Å². The fourth-order valence-corrected chi connectivity index (χ4v) is 3.01. The maximum absolute atomic E-state index is 10.6.